The maximum Gasteiger partial charge on any atom is 0.0247 e. The lowest BCUT2D eigenvalue weighted by molar-refractivity contribution is 0.174. The molecule has 2 fully saturated rings. The minimum atomic E-state index is 0. The Kier molecular flexibility index (Phi) is 5.50. The smallest absolute Gasteiger partial charge is 0.0247 e. The van der Waals surface area contributed by atoms with Crippen LogP contribution in [0.1, 0.15) is 25.7 Å². The summed E-state index contributed by atoms with van der Waals surface area (Å²) in [5, 5.41) is 0. The van der Waals surface area contributed by atoms with Gasteiger partial charge in [-0.2, -0.15) is 0 Å². The summed E-state index contributed by atoms with van der Waals surface area (Å²) in [7, 11) is 0. The highest BCUT2D eigenvalue weighted by Crippen LogP contribution is 2.25. The van der Waals surface area contributed by atoms with E-state index in [9.17, 15) is 0 Å². The summed E-state index contributed by atoms with van der Waals surface area (Å²) in [6, 6.07) is 1.23. The van der Waals surface area contributed by atoms with Crippen LogP contribution in [0, 0.1) is 0 Å². The molecule has 0 aromatic rings. The zero-order valence-corrected chi connectivity index (χ0v) is 8.87. The van der Waals surface area contributed by atoms with Gasteiger partial charge in [0.25, 0.3) is 0 Å². The fourth-order valence-corrected chi connectivity index (χ4v) is 2.34. The van der Waals surface area contributed by atoms with E-state index in [1.54, 1.807) is 0 Å². The molecule has 2 heterocycles. The number of fused-ring (bicyclic) bond motifs is 1. The third kappa shape index (κ3) is 2.25. The SMILES string of the molecule is Cl.Cl.N[C@@H]1CCCN2CCC[C@@H]12. The Hall–Kier alpha value is 0.500. The third-order valence-corrected chi connectivity index (χ3v) is 2.89. The highest BCUT2D eigenvalue weighted by Gasteiger charge is 2.31. The first-order valence-electron chi connectivity index (χ1n) is 4.37. The van der Waals surface area contributed by atoms with Crippen LogP contribution in [0.15, 0.2) is 0 Å². The van der Waals surface area contributed by atoms with Crippen molar-refractivity contribution in [2.45, 2.75) is 37.8 Å². The summed E-state index contributed by atoms with van der Waals surface area (Å²) >= 11 is 0. The van der Waals surface area contributed by atoms with Gasteiger partial charge in [-0.05, 0) is 38.8 Å². The molecule has 2 N–H and O–H groups in total. The van der Waals surface area contributed by atoms with Crippen LogP contribution in [-0.4, -0.2) is 30.1 Å². The first kappa shape index (κ1) is 12.5. The molecule has 0 aromatic carbocycles. The fraction of sp³-hybridized carbons (Fsp3) is 1.00. The van der Waals surface area contributed by atoms with Gasteiger partial charge < -0.3 is 5.73 Å². The fourth-order valence-electron chi connectivity index (χ4n) is 2.34. The Morgan fingerprint density at radius 1 is 1.00 bits per heavy atom. The van der Waals surface area contributed by atoms with Crippen LogP contribution >= 0.6 is 24.8 Å². The van der Waals surface area contributed by atoms with Crippen LogP contribution in [0.4, 0.5) is 0 Å². The standard InChI is InChI=1S/C8H16N2.2ClH/c9-7-3-1-5-10-6-2-4-8(7)10;;/h7-8H,1-6,9H2;2*1H/t7-,8+;;/m1../s1. The molecule has 0 radical (unpaired) electrons. The zero-order chi connectivity index (χ0) is 6.97. The third-order valence-electron chi connectivity index (χ3n) is 2.89. The summed E-state index contributed by atoms with van der Waals surface area (Å²) in [6.07, 6.45) is 5.29. The van der Waals surface area contributed by atoms with E-state index in [4.69, 9.17) is 5.73 Å². The molecular weight excluding hydrogens is 195 g/mol. The summed E-state index contributed by atoms with van der Waals surface area (Å²) in [6.45, 7) is 2.61. The number of piperidine rings is 1. The molecule has 4 heteroatoms. The van der Waals surface area contributed by atoms with Crippen molar-refractivity contribution in [3.05, 3.63) is 0 Å². The van der Waals surface area contributed by atoms with E-state index < -0.39 is 0 Å². The Bertz CT molecular complexity index is 132. The van der Waals surface area contributed by atoms with Gasteiger partial charge in [0, 0.05) is 12.1 Å². The Balaban J connectivity index is 0.000000605. The second-order valence-electron chi connectivity index (χ2n) is 3.55. The van der Waals surface area contributed by atoms with E-state index in [0.29, 0.717) is 6.04 Å². The van der Waals surface area contributed by atoms with Gasteiger partial charge in [-0.3, -0.25) is 4.90 Å². The average molecular weight is 213 g/mol. The summed E-state index contributed by atoms with van der Waals surface area (Å²) < 4.78 is 0. The maximum atomic E-state index is 5.98. The minimum absolute atomic E-state index is 0. The van der Waals surface area contributed by atoms with Gasteiger partial charge in [-0.25, -0.2) is 0 Å². The van der Waals surface area contributed by atoms with Crippen LogP contribution in [0.3, 0.4) is 0 Å². The second-order valence-corrected chi connectivity index (χ2v) is 3.55. The van der Waals surface area contributed by atoms with Gasteiger partial charge in [-0.1, -0.05) is 0 Å². The quantitative estimate of drug-likeness (QED) is 0.659. The maximum absolute atomic E-state index is 5.98. The van der Waals surface area contributed by atoms with Crippen molar-refractivity contribution >= 4 is 24.8 Å². The van der Waals surface area contributed by atoms with Gasteiger partial charge >= 0.3 is 0 Å². The van der Waals surface area contributed by atoms with Gasteiger partial charge in [0.15, 0.2) is 0 Å². The van der Waals surface area contributed by atoms with Crippen LogP contribution in [-0.2, 0) is 0 Å². The molecule has 0 aliphatic carbocycles. The molecule has 74 valence electrons. The van der Waals surface area contributed by atoms with E-state index in [1.165, 1.54) is 38.8 Å². The highest BCUT2D eigenvalue weighted by atomic mass is 35.5. The van der Waals surface area contributed by atoms with E-state index in [0.717, 1.165) is 6.04 Å². The lowest BCUT2D eigenvalue weighted by atomic mass is 9.98. The van der Waals surface area contributed by atoms with E-state index in [2.05, 4.69) is 4.90 Å². The van der Waals surface area contributed by atoms with Crippen molar-refractivity contribution in [1.82, 2.24) is 4.90 Å². The van der Waals surface area contributed by atoms with Crippen LogP contribution < -0.4 is 5.73 Å². The van der Waals surface area contributed by atoms with Gasteiger partial charge in [0.2, 0.25) is 0 Å². The minimum Gasteiger partial charge on any atom is -0.326 e. The van der Waals surface area contributed by atoms with Gasteiger partial charge in [0.1, 0.15) is 0 Å². The summed E-state index contributed by atoms with van der Waals surface area (Å²) in [4.78, 5) is 2.56. The molecule has 0 saturated carbocycles. The Morgan fingerprint density at radius 2 is 1.58 bits per heavy atom. The van der Waals surface area contributed by atoms with E-state index >= 15 is 0 Å². The number of halogens is 2. The zero-order valence-electron chi connectivity index (χ0n) is 7.24. The molecule has 2 aliphatic rings. The molecule has 2 nitrogen and oxygen atoms in total. The molecule has 0 amide bonds. The van der Waals surface area contributed by atoms with E-state index in [-0.39, 0.29) is 24.8 Å². The van der Waals surface area contributed by atoms with Crippen molar-refractivity contribution in [2.75, 3.05) is 13.1 Å². The first-order chi connectivity index (χ1) is 4.88. The average Bonchev–Trinajstić information content (AvgIpc) is 2.36. The van der Waals surface area contributed by atoms with Crippen LogP contribution in [0.25, 0.3) is 0 Å². The van der Waals surface area contributed by atoms with Gasteiger partial charge in [-0.15, -0.1) is 24.8 Å². The topological polar surface area (TPSA) is 29.3 Å². The van der Waals surface area contributed by atoms with Crippen molar-refractivity contribution in [2.24, 2.45) is 5.73 Å². The van der Waals surface area contributed by atoms with Crippen molar-refractivity contribution < 1.29 is 0 Å². The monoisotopic (exact) mass is 212 g/mol. The predicted octanol–water partition coefficient (Wildman–Crippen LogP) is 1.42. The molecule has 0 bridgehead atoms. The Morgan fingerprint density at radius 3 is 2.17 bits per heavy atom. The van der Waals surface area contributed by atoms with Crippen molar-refractivity contribution in [3.8, 4) is 0 Å². The number of rotatable bonds is 0. The number of hydrogen-bond donors (Lipinski definition) is 1. The van der Waals surface area contributed by atoms with Crippen molar-refractivity contribution in [3.63, 3.8) is 0 Å². The largest absolute Gasteiger partial charge is 0.326 e. The van der Waals surface area contributed by atoms with Crippen molar-refractivity contribution in [1.29, 1.82) is 0 Å². The normalized spacial score (nSPS) is 34.8. The predicted molar refractivity (Wildman–Crippen MR) is 56.3 cm³/mol. The summed E-state index contributed by atoms with van der Waals surface area (Å²) in [5.41, 5.74) is 5.98. The molecule has 12 heavy (non-hydrogen) atoms. The first-order valence-corrected chi connectivity index (χ1v) is 4.37. The van der Waals surface area contributed by atoms with E-state index in [1.807, 2.05) is 0 Å². The van der Waals surface area contributed by atoms with Crippen LogP contribution in [0.2, 0.25) is 0 Å². The molecule has 2 rings (SSSR count). The van der Waals surface area contributed by atoms with Crippen LogP contribution in [0.5, 0.6) is 0 Å². The molecule has 2 saturated heterocycles. The lowest BCUT2D eigenvalue weighted by Gasteiger charge is -2.34. The number of nitrogens with zero attached hydrogens (tertiary/aromatic N) is 1. The molecule has 2 atom stereocenters. The molecule has 0 aromatic heterocycles. The number of hydrogen-bond acceptors (Lipinski definition) is 2. The molecule has 0 spiro atoms. The lowest BCUT2D eigenvalue weighted by Crippen LogP contribution is -2.48. The number of nitrogens with two attached hydrogens (primary N) is 1. The highest BCUT2D eigenvalue weighted by molar-refractivity contribution is 5.85. The molecular formula is C8H18Cl2N2. The molecule has 2 aliphatic heterocycles. The molecule has 0 unspecified atom stereocenters. The summed E-state index contributed by atoms with van der Waals surface area (Å²) in [5.74, 6) is 0. The van der Waals surface area contributed by atoms with Gasteiger partial charge in [0.05, 0.1) is 0 Å². The second kappa shape index (κ2) is 5.28. The Labute approximate surface area is 86.7 Å².